The van der Waals surface area contributed by atoms with E-state index in [9.17, 15) is 5.11 Å². The van der Waals surface area contributed by atoms with Crippen LogP contribution in [0.5, 0.6) is 0 Å². The maximum atomic E-state index is 9.80. The minimum Gasteiger partial charge on any atom is -0.497 e. The molecule has 0 aromatic heterocycles. The Bertz CT molecular complexity index is 220. The number of nitrogens with one attached hydrogen (secondary N) is 1. The number of aliphatic hydroxyl groups excluding tert-OH is 1. The zero-order chi connectivity index (χ0) is 12.0. The lowest BCUT2D eigenvalue weighted by molar-refractivity contribution is 0.0986. The average molecular weight is 227 g/mol. The summed E-state index contributed by atoms with van der Waals surface area (Å²) < 4.78 is 5.44. The molecule has 3 heteroatoms. The highest BCUT2D eigenvalue weighted by Gasteiger charge is 2.17. The van der Waals surface area contributed by atoms with Gasteiger partial charge in [-0.2, -0.15) is 0 Å². The van der Waals surface area contributed by atoms with Crippen molar-refractivity contribution in [2.24, 2.45) is 5.41 Å². The van der Waals surface area contributed by atoms with E-state index in [4.69, 9.17) is 4.74 Å². The van der Waals surface area contributed by atoms with Crippen molar-refractivity contribution in [3.05, 3.63) is 12.3 Å². The van der Waals surface area contributed by atoms with E-state index in [0.717, 1.165) is 25.8 Å². The molecule has 0 radical (unpaired) electrons. The Kier molecular flexibility index (Phi) is 5.29. The second-order valence-corrected chi connectivity index (χ2v) is 5.78. The van der Waals surface area contributed by atoms with Gasteiger partial charge >= 0.3 is 0 Å². The molecule has 2 unspecified atom stereocenters. The molecule has 1 rings (SSSR count). The van der Waals surface area contributed by atoms with Gasteiger partial charge in [-0.3, -0.25) is 0 Å². The summed E-state index contributed by atoms with van der Waals surface area (Å²) in [6.07, 6.45) is 6.82. The first-order chi connectivity index (χ1) is 7.47. The number of ether oxygens (including phenoxy) is 1. The lowest BCUT2D eigenvalue weighted by Crippen LogP contribution is -2.35. The minimum absolute atomic E-state index is 0.186. The molecule has 2 N–H and O–H groups in total. The van der Waals surface area contributed by atoms with Gasteiger partial charge in [-0.15, -0.1) is 0 Å². The van der Waals surface area contributed by atoms with Gasteiger partial charge in [0.1, 0.15) is 6.10 Å². The third kappa shape index (κ3) is 6.13. The molecule has 16 heavy (non-hydrogen) atoms. The van der Waals surface area contributed by atoms with E-state index in [-0.39, 0.29) is 17.6 Å². The van der Waals surface area contributed by atoms with Crippen molar-refractivity contribution in [2.75, 3.05) is 13.1 Å². The SMILES string of the molecule is CC(C)(C)CC(O)CNCC1CCC=CO1. The van der Waals surface area contributed by atoms with Gasteiger partial charge in [-0.05, 0) is 30.8 Å². The largest absolute Gasteiger partial charge is 0.497 e. The van der Waals surface area contributed by atoms with Gasteiger partial charge in [-0.25, -0.2) is 0 Å². The van der Waals surface area contributed by atoms with Crippen LogP contribution in [0.25, 0.3) is 0 Å². The van der Waals surface area contributed by atoms with E-state index >= 15 is 0 Å². The van der Waals surface area contributed by atoms with Crippen molar-refractivity contribution < 1.29 is 9.84 Å². The summed E-state index contributed by atoms with van der Waals surface area (Å²) in [6.45, 7) is 7.91. The first-order valence-electron chi connectivity index (χ1n) is 6.16. The molecule has 0 amide bonds. The van der Waals surface area contributed by atoms with Crippen LogP contribution in [-0.2, 0) is 4.74 Å². The van der Waals surface area contributed by atoms with Gasteiger partial charge in [0, 0.05) is 13.1 Å². The van der Waals surface area contributed by atoms with E-state index in [1.165, 1.54) is 0 Å². The van der Waals surface area contributed by atoms with Crippen LogP contribution < -0.4 is 5.32 Å². The van der Waals surface area contributed by atoms with Gasteiger partial charge in [0.05, 0.1) is 12.4 Å². The Morgan fingerprint density at radius 2 is 2.25 bits per heavy atom. The van der Waals surface area contributed by atoms with Crippen molar-refractivity contribution in [1.29, 1.82) is 0 Å². The van der Waals surface area contributed by atoms with Crippen molar-refractivity contribution in [3.63, 3.8) is 0 Å². The summed E-state index contributed by atoms with van der Waals surface area (Å²) in [5.41, 5.74) is 0.186. The Morgan fingerprint density at radius 1 is 1.50 bits per heavy atom. The number of aliphatic hydroxyl groups is 1. The van der Waals surface area contributed by atoms with Crippen LogP contribution in [0.2, 0.25) is 0 Å². The first kappa shape index (κ1) is 13.5. The molecule has 0 aromatic rings. The molecule has 1 aliphatic heterocycles. The predicted octanol–water partition coefficient (Wildman–Crippen LogP) is 2.07. The lowest BCUT2D eigenvalue weighted by atomic mass is 9.89. The van der Waals surface area contributed by atoms with E-state index in [0.29, 0.717) is 6.54 Å². The Balaban J connectivity index is 2.08. The minimum atomic E-state index is -0.265. The summed E-state index contributed by atoms with van der Waals surface area (Å²) in [6, 6.07) is 0. The van der Waals surface area contributed by atoms with Crippen LogP contribution in [0.15, 0.2) is 12.3 Å². The van der Waals surface area contributed by atoms with Gasteiger partial charge in [0.15, 0.2) is 0 Å². The zero-order valence-corrected chi connectivity index (χ0v) is 10.7. The third-order valence-electron chi connectivity index (χ3n) is 2.62. The van der Waals surface area contributed by atoms with Crippen LogP contribution in [-0.4, -0.2) is 30.4 Å². The van der Waals surface area contributed by atoms with Crippen molar-refractivity contribution in [3.8, 4) is 0 Å². The summed E-state index contributed by atoms with van der Waals surface area (Å²) >= 11 is 0. The Morgan fingerprint density at radius 3 is 2.81 bits per heavy atom. The van der Waals surface area contributed by atoms with E-state index in [2.05, 4.69) is 26.1 Å². The van der Waals surface area contributed by atoms with Crippen LogP contribution in [0.4, 0.5) is 0 Å². The maximum absolute atomic E-state index is 9.80. The van der Waals surface area contributed by atoms with E-state index < -0.39 is 0 Å². The molecule has 0 fully saturated rings. The molecule has 0 spiro atoms. The van der Waals surface area contributed by atoms with E-state index in [1.807, 2.05) is 6.08 Å². The van der Waals surface area contributed by atoms with Gasteiger partial charge in [0.2, 0.25) is 0 Å². The van der Waals surface area contributed by atoms with Crippen molar-refractivity contribution in [2.45, 2.75) is 52.2 Å². The molecule has 0 aliphatic carbocycles. The van der Waals surface area contributed by atoms with Crippen LogP contribution in [0.1, 0.15) is 40.0 Å². The fourth-order valence-electron chi connectivity index (χ4n) is 1.93. The highest BCUT2D eigenvalue weighted by atomic mass is 16.5. The molecule has 2 atom stereocenters. The Labute approximate surface area is 98.9 Å². The average Bonchev–Trinajstić information content (AvgIpc) is 2.16. The Hall–Kier alpha value is -0.540. The molecule has 0 aromatic carbocycles. The van der Waals surface area contributed by atoms with E-state index in [1.54, 1.807) is 6.26 Å². The lowest BCUT2D eigenvalue weighted by Gasteiger charge is -2.24. The molecular formula is C13H25NO2. The fourth-order valence-corrected chi connectivity index (χ4v) is 1.93. The molecule has 1 aliphatic rings. The highest BCUT2D eigenvalue weighted by Crippen LogP contribution is 2.20. The number of allylic oxidation sites excluding steroid dienone is 1. The second-order valence-electron chi connectivity index (χ2n) is 5.78. The van der Waals surface area contributed by atoms with Crippen LogP contribution >= 0.6 is 0 Å². The summed E-state index contributed by atoms with van der Waals surface area (Å²) in [5.74, 6) is 0. The number of hydrogen-bond acceptors (Lipinski definition) is 3. The molecule has 94 valence electrons. The monoisotopic (exact) mass is 227 g/mol. The zero-order valence-electron chi connectivity index (χ0n) is 10.7. The maximum Gasteiger partial charge on any atom is 0.110 e. The van der Waals surface area contributed by atoms with Crippen LogP contribution in [0.3, 0.4) is 0 Å². The number of rotatable bonds is 5. The quantitative estimate of drug-likeness (QED) is 0.755. The third-order valence-corrected chi connectivity index (χ3v) is 2.62. The molecule has 1 heterocycles. The molecule has 0 bridgehead atoms. The van der Waals surface area contributed by atoms with Crippen LogP contribution in [0, 0.1) is 5.41 Å². The highest BCUT2D eigenvalue weighted by molar-refractivity contribution is 4.83. The normalized spacial score (nSPS) is 22.9. The molecular weight excluding hydrogens is 202 g/mol. The van der Waals surface area contributed by atoms with Gasteiger partial charge < -0.3 is 15.2 Å². The van der Waals surface area contributed by atoms with Gasteiger partial charge in [-0.1, -0.05) is 20.8 Å². The van der Waals surface area contributed by atoms with Crippen molar-refractivity contribution >= 4 is 0 Å². The summed E-state index contributed by atoms with van der Waals surface area (Å²) in [5, 5.41) is 13.1. The molecule has 3 nitrogen and oxygen atoms in total. The fraction of sp³-hybridized carbons (Fsp3) is 0.846. The molecule has 0 saturated heterocycles. The topological polar surface area (TPSA) is 41.5 Å². The van der Waals surface area contributed by atoms with Gasteiger partial charge in [0.25, 0.3) is 0 Å². The smallest absolute Gasteiger partial charge is 0.110 e. The predicted molar refractivity (Wildman–Crippen MR) is 66.2 cm³/mol. The standard InChI is InChI=1S/C13H25NO2/c1-13(2,3)8-11(15)9-14-10-12-6-4-5-7-16-12/h5,7,11-12,14-15H,4,6,8-10H2,1-3H3. The summed E-state index contributed by atoms with van der Waals surface area (Å²) in [4.78, 5) is 0. The summed E-state index contributed by atoms with van der Waals surface area (Å²) in [7, 11) is 0. The number of hydrogen-bond donors (Lipinski definition) is 2. The molecule has 0 saturated carbocycles. The van der Waals surface area contributed by atoms with Crippen molar-refractivity contribution in [1.82, 2.24) is 5.32 Å². The second kappa shape index (κ2) is 6.26. The first-order valence-corrected chi connectivity index (χ1v) is 6.16.